The van der Waals surface area contributed by atoms with E-state index < -0.39 is 10.0 Å². The highest BCUT2D eigenvalue weighted by atomic mass is 32.2. The van der Waals surface area contributed by atoms with Gasteiger partial charge in [-0.05, 0) is 38.8 Å². The first-order chi connectivity index (χ1) is 14.3. The summed E-state index contributed by atoms with van der Waals surface area (Å²) in [5, 5.41) is 0. The maximum absolute atomic E-state index is 12.7. The Bertz CT molecular complexity index is 837. The van der Waals surface area contributed by atoms with Gasteiger partial charge in [-0.3, -0.25) is 14.5 Å². The van der Waals surface area contributed by atoms with Crippen LogP contribution in [0.3, 0.4) is 0 Å². The lowest BCUT2D eigenvalue weighted by atomic mass is 10.2. The molecular formula is C20H32N4O4S2. The first kappa shape index (κ1) is 23.2. The molecule has 3 heterocycles. The van der Waals surface area contributed by atoms with Gasteiger partial charge in [0.05, 0.1) is 13.0 Å². The summed E-state index contributed by atoms with van der Waals surface area (Å²) in [5.74, 6) is 0.141. The molecule has 1 aromatic heterocycles. The Hall–Kier alpha value is -1.49. The predicted octanol–water partition coefficient (Wildman–Crippen LogP) is 1.09. The van der Waals surface area contributed by atoms with Gasteiger partial charge >= 0.3 is 0 Å². The molecule has 0 bridgehead atoms. The number of thiophene rings is 1. The monoisotopic (exact) mass is 456 g/mol. The van der Waals surface area contributed by atoms with Gasteiger partial charge in [0.1, 0.15) is 4.21 Å². The number of rotatable bonds is 8. The fourth-order valence-corrected chi connectivity index (χ4v) is 6.95. The summed E-state index contributed by atoms with van der Waals surface area (Å²) in [5.41, 5.74) is 0. The van der Waals surface area contributed by atoms with Crippen molar-refractivity contribution in [3.63, 3.8) is 0 Å². The van der Waals surface area contributed by atoms with Crippen molar-refractivity contribution in [1.29, 1.82) is 0 Å². The van der Waals surface area contributed by atoms with Gasteiger partial charge < -0.3 is 9.80 Å². The van der Waals surface area contributed by atoms with Crippen molar-refractivity contribution in [2.45, 2.75) is 37.3 Å². The Morgan fingerprint density at radius 2 is 1.63 bits per heavy atom. The lowest BCUT2D eigenvalue weighted by Crippen LogP contribution is -2.51. The van der Waals surface area contributed by atoms with Crippen LogP contribution in [0, 0.1) is 0 Å². The number of sulfonamides is 1. The van der Waals surface area contributed by atoms with Gasteiger partial charge in [-0.1, -0.05) is 0 Å². The molecule has 2 saturated heterocycles. The maximum Gasteiger partial charge on any atom is 0.252 e. The first-order valence-electron chi connectivity index (χ1n) is 10.7. The van der Waals surface area contributed by atoms with Gasteiger partial charge in [0.25, 0.3) is 10.0 Å². The van der Waals surface area contributed by atoms with E-state index in [1.54, 1.807) is 12.1 Å². The molecule has 0 unspecified atom stereocenters. The molecule has 0 atom stereocenters. The number of carbonyl (C=O) groups is 2. The van der Waals surface area contributed by atoms with Crippen molar-refractivity contribution in [2.24, 2.45) is 0 Å². The normalized spacial score (nSPS) is 18.7. The van der Waals surface area contributed by atoms with Crippen LogP contribution in [0.1, 0.15) is 31.6 Å². The fourth-order valence-electron chi connectivity index (χ4n) is 3.93. The Kier molecular flexibility index (Phi) is 7.89. The lowest BCUT2D eigenvalue weighted by molar-refractivity contribution is -0.134. The second-order valence-corrected chi connectivity index (χ2v) is 11.1. The summed E-state index contributed by atoms with van der Waals surface area (Å²) in [4.78, 5) is 31.5. The summed E-state index contributed by atoms with van der Waals surface area (Å²) < 4.78 is 27.2. The van der Waals surface area contributed by atoms with Crippen LogP contribution < -0.4 is 0 Å². The average molecular weight is 457 g/mol. The van der Waals surface area contributed by atoms with Crippen molar-refractivity contribution in [2.75, 3.05) is 58.9 Å². The maximum atomic E-state index is 12.7. The molecule has 2 aliphatic rings. The molecule has 0 saturated carbocycles. The molecule has 0 aliphatic carbocycles. The molecule has 2 aliphatic heterocycles. The van der Waals surface area contributed by atoms with Crippen LogP contribution >= 0.6 is 11.3 Å². The fraction of sp³-hybridized carbons (Fsp3) is 0.700. The number of likely N-dealkylation sites (N-methyl/N-ethyl adjacent to an activating group) is 1. The Labute approximate surface area is 183 Å². The van der Waals surface area contributed by atoms with Gasteiger partial charge in [-0.2, -0.15) is 4.31 Å². The molecule has 0 N–H and O–H groups in total. The van der Waals surface area contributed by atoms with Crippen LogP contribution in [0.4, 0.5) is 0 Å². The van der Waals surface area contributed by atoms with E-state index in [0.29, 0.717) is 63.1 Å². The van der Waals surface area contributed by atoms with Crippen molar-refractivity contribution >= 4 is 33.2 Å². The number of piperazine rings is 1. The minimum atomic E-state index is -3.42. The molecule has 0 radical (unpaired) electrons. The molecular weight excluding hydrogens is 424 g/mol. The van der Waals surface area contributed by atoms with Gasteiger partial charge in [-0.25, -0.2) is 8.42 Å². The van der Waals surface area contributed by atoms with Gasteiger partial charge in [-0.15, -0.1) is 11.3 Å². The zero-order chi connectivity index (χ0) is 21.7. The lowest BCUT2D eigenvalue weighted by Gasteiger charge is -2.35. The smallest absolute Gasteiger partial charge is 0.252 e. The second kappa shape index (κ2) is 10.2. The number of amides is 2. The summed E-state index contributed by atoms with van der Waals surface area (Å²) in [6.07, 6.45) is 2.03. The third-order valence-corrected chi connectivity index (χ3v) is 9.27. The largest absolute Gasteiger partial charge is 0.342 e. The molecule has 30 heavy (non-hydrogen) atoms. The van der Waals surface area contributed by atoms with Crippen molar-refractivity contribution in [3.05, 3.63) is 17.0 Å². The van der Waals surface area contributed by atoms with Crippen LogP contribution in [0.2, 0.25) is 0 Å². The topological polar surface area (TPSA) is 81.2 Å². The van der Waals surface area contributed by atoms with E-state index in [9.17, 15) is 18.0 Å². The molecule has 3 rings (SSSR count). The van der Waals surface area contributed by atoms with Crippen molar-refractivity contribution < 1.29 is 18.0 Å². The van der Waals surface area contributed by atoms with E-state index in [4.69, 9.17) is 0 Å². The highest BCUT2D eigenvalue weighted by Gasteiger charge is 2.29. The standard InChI is InChI=1S/C20H32N4O4S2/c1-3-22(4-2)19(26)16-21-11-13-23(14-12-21)18(25)15-17-7-8-20(29-17)30(27,28)24-9-5-6-10-24/h7-8H,3-6,9-16H2,1-2H3. The van der Waals surface area contributed by atoms with E-state index in [2.05, 4.69) is 4.90 Å². The van der Waals surface area contributed by atoms with Gasteiger partial charge in [0.2, 0.25) is 11.8 Å². The number of hydrogen-bond acceptors (Lipinski definition) is 6. The summed E-state index contributed by atoms with van der Waals surface area (Å²) in [6.45, 7) is 9.47. The molecule has 8 nitrogen and oxygen atoms in total. The van der Waals surface area contributed by atoms with E-state index in [1.165, 1.54) is 15.6 Å². The van der Waals surface area contributed by atoms with Gasteiger partial charge in [0.15, 0.2) is 0 Å². The number of nitrogens with zero attached hydrogens (tertiary/aromatic N) is 4. The Morgan fingerprint density at radius 1 is 1.00 bits per heavy atom. The molecule has 1 aromatic rings. The predicted molar refractivity (Wildman–Crippen MR) is 117 cm³/mol. The highest BCUT2D eigenvalue weighted by Crippen LogP contribution is 2.27. The summed E-state index contributed by atoms with van der Waals surface area (Å²) in [7, 11) is -3.42. The second-order valence-electron chi connectivity index (χ2n) is 7.73. The van der Waals surface area contributed by atoms with Crippen LogP contribution in [0.15, 0.2) is 16.3 Å². The van der Waals surface area contributed by atoms with Crippen LogP contribution in [0.5, 0.6) is 0 Å². The number of carbonyl (C=O) groups excluding carboxylic acids is 2. The van der Waals surface area contributed by atoms with Crippen LogP contribution in [-0.2, 0) is 26.0 Å². The Morgan fingerprint density at radius 3 is 2.23 bits per heavy atom. The van der Waals surface area contributed by atoms with E-state index in [0.717, 1.165) is 17.7 Å². The van der Waals surface area contributed by atoms with E-state index >= 15 is 0 Å². The van der Waals surface area contributed by atoms with Crippen molar-refractivity contribution in [3.8, 4) is 0 Å². The highest BCUT2D eigenvalue weighted by molar-refractivity contribution is 7.91. The van der Waals surface area contributed by atoms with E-state index in [1.807, 2.05) is 23.6 Å². The van der Waals surface area contributed by atoms with Crippen LogP contribution in [-0.4, -0.2) is 98.1 Å². The van der Waals surface area contributed by atoms with Gasteiger partial charge in [0, 0.05) is 57.2 Å². The summed E-state index contributed by atoms with van der Waals surface area (Å²) >= 11 is 1.20. The first-order valence-corrected chi connectivity index (χ1v) is 13.0. The molecule has 2 fully saturated rings. The zero-order valence-electron chi connectivity index (χ0n) is 17.9. The van der Waals surface area contributed by atoms with Crippen molar-refractivity contribution in [1.82, 2.24) is 19.0 Å². The molecule has 10 heteroatoms. The minimum absolute atomic E-state index is 0.0108. The van der Waals surface area contributed by atoms with E-state index in [-0.39, 0.29) is 18.2 Å². The SMILES string of the molecule is CCN(CC)C(=O)CN1CCN(C(=O)Cc2ccc(S(=O)(=O)N3CCCC3)s2)CC1. The average Bonchev–Trinajstić information content (AvgIpc) is 3.42. The third kappa shape index (κ3) is 5.40. The quantitative estimate of drug-likeness (QED) is 0.585. The molecule has 168 valence electrons. The number of hydrogen-bond donors (Lipinski definition) is 0. The Balaban J connectivity index is 1.49. The molecule has 0 aromatic carbocycles. The molecule has 2 amide bonds. The summed E-state index contributed by atoms with van der Waals surface area (Å²) in [6, 6.07) is 3.38. The minimum Gasteiger partial charge on any atom is -0.342 e. The van der Waals surface area contributed by atoms with Crippen LogP contribution in [0.25, 0.3) is 0 Å². The third-order valence-electron chi connectivity index (χ3n) is 5.82. The molecule has 0 spiro atoms. The zero-order valence-corrected chi connectivity index (χ0v) is 19.5.